The summed E-state index contributed by atoms with van der Waals surface area (Å²) < 4.78 is 2.14. The minimum atomic E-state index is 0.382. The van der Waals surface area contributed by atoms with E-state index in [1.54, 1.807) is 11.3 Å². The van der Waals surface area contributed by atoms with E-state index in [1.165, 1.54) is 11.3 Å². The first-order valence-electron chi connectivity index (χ1n) is 6.16. The zero-order valence-electron chi connectivity index (χ0n) is 10.4. The monoisotopic (exact) mass is 249 g/mol. The van der Waals surface area contributed by atoms with Crippen LogP contribution in [0.1, 0.15) is 37.6 Å². The van der Waals surface area contributed by atoms with E-state index < -0.39 is 0 Å². The fourth-order valence-corrected chi connectivity index (χ4v) is 2.74. The number of hydrogen-bond acceptors (Lipinski definition) is 3. The van der Waals surface area contributed by atoms with Crippen molar-refractivity contribution in [3.05, 3.63) is 34.8 Å². The maximum atomic E-state index is 4.38. The minimum Gasteiger partial charge on any atom is -0.348 e. The normalized spacial score (nSPS) is 12.6. The summed E-state index contributed by atoms with van der Waals surface area (Å²) in [6, 6.07) is 4.68. The van der Waals surface area contributed by atoms with Gasteiger partial charge in [0.2, 0.25) is 5.95 Å². The van der Waals surface area contributed by atoms with Crippen LogP contribution < -0.4 is 5.32 Å². The average molecular weight is 249 g/mol. The van der Waals surface area contributed by atoms with Crippen molar-refractivity contribution in [1.82, 2.24) is 9.55 Å². The summed E-state index contributed by atoms with van der Waals surface area (Å²) >= 11 is 1.81. The van der Waals surface area contributed by atoms with Crippen LogP contribution in [0.2, 0.25) is 0 Å². The topological polar surface area (TPSA) is 29.9 Å². The second kappa shape index (κ2) is 5.87. The molecule has 3 nitrogen and oxygen atoms in total. The molecule has 0 spiro atoms. The third kappa shape index (κ3) is 2.88. The first kappa shape index (κ1) is 12.2. The highest BCUT2D eigenvalue weighted by molar-refractivity contribution is 7.10. The fraction of sp³-hybridized carbons (Fsp3) is 0.462. The van der Waals surface area contributed by atoms with Crippen LogP contribution in [-0.4, -0.2) is 9.55 Å². The molecule has 2 aromatic heterocycles. The molecule has 92 valence electrons. The lowest BCUT2D eigenvalue weighted by Crippen LogP contribution is -2.13. The Morgan fingerprint density at radius 2 is 2.35 bits per heavy atom. The van der Waals surface area contributed by atoms with E-state index in [1.807, 2.05) is 12.4 Å². The Bertz CT molecular complexity index is 433. The molecule has 1 unspecified atom stereocenters. The summed E-state index contributed by atoms with van der Waals surface area (Å²) in [5, 5.41) is 5.68. The van der Waals surface area contributed by atoms with Crippen LogP contribution in [-0.2, 0) is 6.54 Å². The molecular weight excluding hydrogens is 230 g/mol. The van der Waals surface area contributed by atoms with Gasteiger partial charge in [-0.2, -0.15) is 0 Å². The molecule has 0 aliphatic carbocycles. The number of thiophene rings is 1. The molecule has 2 heterocycles. The van der Waals surface area contributed by atoms with E-state index >= 15 is 0 Å². The molecule has 0 amide bonds. The molecular formula is C13H19N3S. The van der Waals surface area contributed by atoms with Crippen molar-refractivity contribution in [2.75, 3.05) is 5.32 Å². The van der Waals surface area contributed by atoms with E-state index in [0.717, 1.165) is 18.9 Å². The molecule has 0 saturated carbocycles. The van der Waals surface area contributed by atoms with Gasteiger partial charge in [-0.15, -0.1) is 11.3 Å². The predicted octanol–water partition coefficient (Wildman–Crippen LogP) is 3.92. The van der Waals surface area contributed by atoms with E-state index in [2.05, 4.69) is 46.2 Å². The third-order valence-corrected chi connectivity index (χ3v) is 3.81. The first-order chi connectivity index (χ1) is 8.35. The van der Waals surface area contributed by atoms with Crippen LogP contribution in [0.5, 0.6) is 0 Å². The van der Waals surface area contributed by atoms with E-state index in [4.69, 9.17) is 0 Å². The molecule has 0 aliphatic heterocycles. The molecule has 0 fully saturated rings. The van der Waals surface area contributed by atoms with Crippen LogP contribution in [0, 0.1) is 0 Å². The minimum absolute atomic E-state index is 0.382. The van der Waals surface area contributed by atoms with Gasteiger partial charge in [-0.1, -0.05) is 19.4 Å². The number of nitrogens with one attached hydrogen (secondary N) is 1. The lowest BCUT2D eigenvalue weighted by atomic mass is 10.1. The van der Waals surface area contributed by atoms with Gasteiger partial charge < -0.3 is 9.88 Å². The van der Waals surface area contributed by atoms with E-state index in [9.17, 15) is 0 Å². The van der Waals surface area contributed by atoms with Gasteiger partial charge in [-0.05, 0) is 24.8 Å². The summed E-state index contributed by atoms with van der Waals surface area (Å²) in [6.07, 6.45) is 6.17. The SMILES string of the molecule is CCCC(Nc1nccn1CC)c1cccs1. The Labute approximate surface area is 107 Å². The van der Waals surface area contributed by atoms with Crippen molar-refractivity contribution >= 4 is 17.3 Å². The van der Waals surface area contributed by atoms with Gasteiger partial charge in [0, 0.05) is 23.8 Å². The Hall–Kier alpha value is -1.29. The maximum absolute atomic E-state index is 4.38. The smallest absolute Gasteiger partial charge is 0.203 e. The molecule has 4 heteroatoms. The van der Waals surface area contributed by atoms with Crippen molar-refractivity contribution < 1.29 is 0 Å². The maximum Gasteiger partial charge on any atom is 0.203 e. The molecule has 17 heavy (non-hydrogen) atoms. The van der Waals surface area contributed by atoms with E-state index in [-0.39, 0.29) is 0 Å². The highest BCUT2D eigenvalue weighted by Gasteiger charge is 2.13. The van der Waals surface area contributed by atoms with Gasteiger partial charge >= 0.3 is 0 Å². The van der Waals surface area contributed by atoms with Crippen LogP contribution in [0.15, 0.2) is 29.9 Å². The Morgan fingerprint density at radius 3 is 3.00 bits per heavy atom. The van der Waals surface area contributed by atoms with Crippen LogP contribution in [0.25, 0.3) is 0 Å². The number of nitrogens with zero attached hydrogens (tertiary/aromatic N) is 2. The highest BCUT2D eigenvalue weighted by atomic mass is 32.1. The number of anilines is 1. The lowest BCUT2D eigenvalue weighted by Gasteiger charge is -2.18. The van der Waals surface area contributed by atoms with Crippen LogP contribution in [0.3, 0.4) is 0 Å². The molecule has 0 bridgehead atoms. The van der Waals surface area contributed by atoms with Crippen molar-refractivity contribution in [2.45, 2.75) is 39.3 Å². The van der Waals surface area contributed by atoms with Gasteiger partial charge in [0.25, 0.3) is 0 Å². The molecule has 0 aliphatic rings. The zero-order chi connectivity index (χ0) is 12.1. The van der Waals surface area contributed by atoms with Gasteiger partial charge in [0.05, 0.1) is 6.04 Å². The van der Waals surface area contributed by atoms with Crippen LogP contribution in [0.4, 0.5) is 5.95 Å². The summed E-state index contributed by atoms with van der Waals surface area (Å²) in [4.78, 5) is 5.76. The van der Waals surface area contributed by atoms with Crippen LogP contribution >= 0.6 is 11.3 Å². The second-order valence-corrected chi connectivity index (χ2v) is 5.02. The quantitative estimate of drug-likeness (QED) is 0.841. The fourth-order valence-electron chi connectivity index (χ4n) is 1.92. The summed E-state index contributed by atoms with van der Waals surface area (Å²) in [7, 11) is 0. The molecule has 2 rings (SSSR count). The Kier molecular flexibility index (Phi) is 4.20. The first-order valence-corrected chi connectivity index (χ1v) is 7.04. The predicted molar refractivity (Wildman–Crippen MR) is 73.5 cm³/mol. The molecule has 1 N–H and O–H groups in total. The van der Waals surface area contributed by atoms with Crippen molar-refractivity contribution in [2.24, 2.45) is 0 Å². The molecule has 2 aromatic rings. The van der Waals surface area contributed by atoms with Crippen molar-refractivity contribution in [3.8, 4) is 0 Å². The van der Waals surface area contributed by atoms with Crippen molar-refractivity contribution in [1.29, 1.82) is 0 Å². The molecule has 0 radical (unpaired) electrons. The van der Waals surface area contributed by atoms with Gasteiger partial charge in [0.15, 0.2) is 0 Å². The highest BCUT2D eigenvalue weighted by Crippen LogP contribution is 2.26. The van der Waals surface area contributed by atoms with Gasteiger partial charge in [0.1, 0.15) is 0 Å². The number of aromatic nitrogens is 2. The molecule has 0 aromatic carbocycles. The number of rotatable bonds is 6. The molecule has 1 atom stereocenters. The summed E-state index contributed by atoms with van der Waals surface area (Å²) in [5.41, 5.74) is 0. The second-order valence-electron chi connectivity index (χ2n) is 4.04. The standard InChI is InChI=1S/C13H19N3S/c1-3-6-11(12-7-5-10-17-12)15-13-14-8-9-16(13)4-2/h5,7-11H,3-4,6H2,1-2H3,(H,14,15). The number of aryl methyl sites for hydroxylation is 1. The molecule has 0 saturated heterocycles. The number of hydrogen-bond donors (Lipinski definition) is 1. The Balaban J connectivity index is 2.13. The summed E-state index contributed by atoms with van der Waals surface area (Å²) in [6.45, 7) is 5.30. The number of imidazole rings is 1. The lowest BCUT2D eigenvalue weighted by molar-refractivity contribution is 0.664. The zero-order valence-corrected chi connectivity index (χ0v) is 11.2. The van der Waals surface area contributed by atoms with Crippen molar-refractivity contribution in [3.63, 3.8) is 0 Å². The largest absolute Gasteiger partial charge is 0.348 e. The van der Waals surface area contributed by atoms with Gasteiger partial charge in [-0.25, -0.2) is 4.98 Å². The average Bonchev–Trinajstić information content (AvgIpc) is 2.99. The third-order valence-electron chi connectivity index (χ3n) is 2.82. The summed E-state index contributed by atoms with van der Waals surface area (Å²) in [5.74, 6) is 0.972. The van der Waals surface area contributed by atoms with E-state index in [0.29, 0.717) is 6.04 Å². The van der Waals surface area contributed by atoms with Gasteiger partial charge in [-0.3, -0.25) is 0 Å². The Morgan fingerprint density at radius 1 is 1.47 bits per heavy atom.